The number of carbonyl (C=O) groups excluding carboxylic acids is 3. The summed E-state index contributed by atoms with van der Waals surface area (Å²) in [5.41, 5.74) is 10.5. The Hall–Kier alpha value is -2.85. The first-order valence-corrected chi connectivity index (χ1v) is 9.41. The number of rotatable bonds is 11. The van der Waals surface area contributed by atoms with E-state index in [0.29, 0.717) is 45.3 Å². The Kier molecular flexibility index (Phi) is 9.75. The Morgan fingerprint density at radius 3 is 2.61 bits per heavy atom. The second-order valence-corrected chi connectivity index (χ2v) is 6.61. The van der Waals surface area contributed by atoms with Gasteiger partial charge in [-0.15, -0.1) is 0 Å². The summed E-state index contributed by atoms with van der Waals surface area (Å²) >= 11 is 0. The number of aliphatic carboxylic acids is 1. The first kappa shape index (κ1) is 23.2. The highest BCUT2D eigenvalue weighted by molar-refractivity contribution is 5.94. The van der Waals surface area contributed by atoms with E-state index in [1.807, 2.05) is 6.92 Å². The number of hydrogen-bond acceptors (Lipinski definition) is 5. The number of amides is 3. The van der Waals surface area contributed by atoms with Crippen LogP contribution in [0.4, 0.5) is 0 Å². The SMILES string of the molecule is CCCNC(=O)[C@H](CC(=O)O)NC(=O)[C@H]1CCCN1C(=O)CCCN=C(N)N. The van der Waals surface area contributed by atoms with E-state index in [-0.39, 0.29) is 18.3 Å². The molecule has 1 aliphatic rings. The molecule has 11 nitrogen and oxygen atoms in total. The van der Waals surface area contributed by atoms with Crippen molar-refractivity contribution in [2.45, 2.75) is 57.5 Å². The van der Waals surface area contributed by atoms with Crippen molar-refractivity contribution < 1.29 is 24.3 Å². The summed E-state index contributed by atoms with van der Waals surface area (Å²) in [6, 6.07) is -1.90. The van der Waals surface area contributed by atoms with E-state index < -0.39 is 36.3 Å². The Balaban J connectivity index is 2.67. The number of nitrogens with one attached hydrogen (secondary N) is 2. The Morgan fingerprint density at radius 2 is 2.00 bits per heavy atom. The van der Waals surface area contributed by atoms with Gasteiger partial charge in [0.15, 0.2) is 5.96 Å². The largest absolute Gasteiger partial charge is 0.481 e. The van der Waals surface area contributed by atoms with Crippen LogP contribution in [0.15, 0.2) is 4.99 Å². The van der Waals surface area contributed by atoms with Crippen LogP contribution in [0, 0.1) is 0 Å². The first-order chi connectivity index (χ1) is 13.3. The van der Waals surface area contributed by atoms with Crippen LogP contribution < -0.4 is 22.1 Å². The van der Waals surface area contributed by atoms with E-state index in [9.17, 15) is 19.2 Å². The molecule has 0 aromatic carbocycles. The minimum Gasteiger partial charge on any atom is -0.481 e. The van der Waals surface area contributed by atoms with Crippen LogP contribution >= 0.6 is 0 Å². The summed E-state index contributed by atoms with van der Waals surface area (Å²) in [7, 11) is 0. The van der Waals surface area contributed by atoms with Crippen LogP contribution in [0.2, 0.25) is 0 Å². The van der Waals surface area contributed by atoms with Crippen molar-refractivity contribution in [3.05, 3.63) is 0 Å². The van der Waals surface area contributed by atoms with Crippen LogP contribution in [0.3, 0.4) is 0 Å². The number of nitrogens with two attached hydrogens (primary N) is 2. The summed E-state index contributed by atoms with van der Waals surface area (Å²) in [4.78, 5) is 53.5. The lowest BCUT2D eigenvalue weighted by molar-refractivity contribution is -0.142. The average Bonchev–Trinajstić information content (AvgIpc) is 3.12. The molecular weight excluding hydrogens is 368 g/mol. The lowest BCUT2D eigenvalue weighted by Gasteiger charge is -2.26. The van der Waals surface area contributed by atoms with Crippen molar-refractivity contribution in [3.8, 4) is 0 Å². The normalized spacial score (nSPS) is 16.9. The number of guanidine groups is 1. The molecular formula is C17H30N6O5. The molecule has 1 rings (SSSR count). The lowest BCUT2D eigenvalue weighted by Crippen LogP contribution is -2.53. The van der Waals surface area contributed by atoms with Crippen molar-refractivity contribution in [1.82, 2.24) is 15.5 Å². The molecule has 0 unspecified atom stereocenters. The molecule has 0 saturated carbocycles. The summed E-state index contributed by atoms with van der Waals surface area (Å²) < 4.78 is 0. The molecule has 0 spiro atoms. The third kappa shape index (κ3) is 7.80. The van der Waals surface area contributed by atoms with Crippen molar-refractivity contribution in [1.29, 1.82) is 0 Å². The number of carboxylic acids is 1. The Morgan fingerprint density at radius 1 is 1.29 bits per heavy atom. The Bertz CT molecular complexity index is 605. The van der Waals surface area contributed by atoms with Gasteiger partial charge in [0.05, 0.1) is 6.42 Å². The summed E-state index contributed by atoms with van der Waals surface area (Å²) in [6.45, 7) is 3.00. The number of nitrogens with zero attached hydrogens (tertiary/aromatic N) is 2. The molecule has 0 bridgehead atoms. The fourth-order valence-electron chi connectivity index (χ4n) is 2.94. The maximum absolute atomic E-state index is 12.6. The molecule has 2 atom stereocenters. The van der Waals surface area contributed by atoms with E-state index in [0.717, 1.165) is 0 Å². The summed E-state index contributed by atoms with van der Waals surface area (Å²) in [6.07, 6.45) is 1.91. The fourth-order valence-corrected chi connectivity index (χ4v) is 2.94. The van der Waals surface area contributed by atoms with E-state index in [2.05, 4.69) is 15.6 Å². The number of carbonyl (C=O) groups is 4. The highest BCUT2D eigenvalue weighted by atomic mass is 16.4. The van der Waals surface area contributed by atoms with Crippen LogP contribution in [-0.2, 0) is 19.2 Å². The number of hydrogen-bond donors (Lipinski definition) is 5. The number of carboxylic acid groups (broad SMARTS) is 1. The van der Waals surface area contributed by atoms with Crippen LogP contribution in [-0.4, -0.2) is 71.4 Å². The molecule has 1 heterocycles. The smallest absolute Gasteiger partial charge is 0.305 e. The second kappa shape index (κ2) is 11.8. The zero-order valence-electron chi connectivity index (χ0n) is 16.1. The highest BCUT2D eigenvalue weighted by Crippen LogP contribution is 2.19. The van der Waals surface area contributed by atoms with Gasteiger partial charge in [0.25, 0.3) is 0 Å². The van der Waals surface area contributed by atoms with E-state index >= 15 is 0 Å². The van der Waals surface area contributed by atoms with Crippen LogP contribution in [0.1, 0.15) is 45.4 Å². The minimum atomic E-state index is -1.20. The van der Waals surface area contributed by atoms with Gasteiger partial charge in [-0.25, -0.2) is 0 Å². The third-order valence-corrected chi connectivity index (χ3v) is 4.28. The molecule has 1 aliphatic heterocycles. The monoisotopic (exact) mass is 398 g/mol. The third-order valence-electron chi connectivity index (χ3n) is 4.28. The molecule has 1 fully saturated rings. The van der Waals surface area contributed by atoms with Gasteiger partial charge in [0.1, 0.15) is 12.1 Å². The van der Waals surface area contributed by atoms with Gasteiger partial charge in [0.2, 0.25) is 17.7 Å². The van der Waals surface area contributed by atoms with Crippen molar-refractivity contribution in [2.75, 3.05) is 19.6 Å². The zero-order chi connectivity index (χ0) is 21.1. The van der Waals surface area contributed by atoms with Gasteiger partial charge in [0, 0.05) is 26.1 Å². The van der Waals surface area contributed by atoms with Crippen molar-refractivity contribution >= 4 is 29.7 Å². The number of likely N-dealkylation sites (tertiary alicyclic amines) is 1. The predicted molar refractivity (Wildman–Crippen MR) is 102 cm³/mol. The van der Waals surface area contributed by atoms with Crippen molar-refractivity contribution in [2.24, 2.45) is 16.5 Å². The molecule has 0 radical (unpaired) electrons. The van der Waals surface area contributed by atoms with Crippen molar-refractivity contribution in [3.63, 3.8) is 0 Å². The average molecular weight is 398 g/mol. The first-order valence-electron chi connectivity index (χ1n) is 9.41. The maximum Gasteiger partial charge on any atom is 0.305 e. The van der Waals surface area contributed by atoms with Gasteiger partial charge in [-0.1, -0.05) is 6.92 Å². The van der Waals surface area contributed by atoms with Gasteiger partial charge in [-0.05, 0) is 25.7 Å². The second-order valence-electron chi connectivity index (χ2n) is 6.61. The zero-order valence-corrected chi connectivity index (χ0v) is 16.1. The van der Waals surface area contributed by atoms with Crippen LogP contribution in [0.25, 0.3) is 0 Å². The summed E-state index contributed by atoms with van der Waals surface area (Å²) in [5, 5.41) is 14.1. The quantitative estimate of drug-likeness (QED) is 0.160. The minimum absolute atomic E-state index is 0.0447. The predicted octanol–water partition coefficient (Wildman–Crippen LogP) is -1.48. The number of aliphatic imine (C=N–C) groups is 1. The topological polar surface area (TPSA) is 180 Å². The Labute approximate surface area is 163 Å². The van der Waals surface area contributed by atoms with Gasteiger partial charge >= 0.3 is 5.97 Å². The standard InChI is InChI=1S/C17H30N6O5/c1-2-7-20-15(27)11(10-14(25)26)22-16(28)12-5-4-9-23(12)13(24)6-3-8-21-17(18)19/h11-12H,2-10H2,1H3,(H,20,27)(H,22,28)(H,25,26)(H4,18,19,21)/t11-,12+/m0/s1. The van der Waals surface area contributed by atoms with Gasteiger partial charge in [-0.3, -0.25) is 24.2 Å². The molecule has 0 aromatic heterocycles. The van der Waals surface area contributed by atoms with E-state index in [1.54, 1.807) is 0 Å². The molecule has 1 saturated heterocycles. The molecule has 0 aliphatic carbocycles. The van der Waals surface area contributed by atoms with E-state index in [1.165, 1.54) is 4.90 Å². The van der Waals surface area contributed by atoms with Gasteiger partial charge < -0.3 is 32.1 Å². The highest BCUT2D eigenvalue weighted by Gasteiger charge is 2.35. The molecule has 158 valence electrons. The van der Waals surface area contributed by atoms with Crippen LogP contribution in [0.5, 0.6) is 0 Å². The molecule has 3 amide bonds. The molecule has 0 aromatic rings. The lowest BCUT2D eigenvalue weighted by atomic mass is 10.1. The fraction of sp³-hybridized carbons (Fsp3) is 0.706. The van der Waals surface area contributed by atoms with Gasteiger partial charge in [-0.2, -0.15) is 0 Å². The molecule has 11 heteroatoms. The molecule has 7 N–H and O–H groups in total. The maximum atomic E-state index is 12.6. The van der Waals surface area contributed by atoms with E-state index in [4.69, 9.17) is 16.6 Å². The summed E-state index contributed by atoms with van der Waals surface area (Å²) in [5.74, 6) is -2.51. The molecule has 28 heavy (non-hydrogen) atoms.